The van der Waals surface area contributed by atoms with Gasteiger partial charge in [0.25, 0.3) is 0 Å². The molecule has 0 bridgehead atoms. The zero-order chi connectivity index (χ0) is 27.1. The number of hydrogen-bond donors (Lipinski definition) is 9. The number of amides is 4. The van der Waals surface area contributed by atoms with E-state index in [1.54, 1.807) is 13.2 Å². The van der Waals surface area contributed by atoms with Gasteiger partial charge in [-0.05, 0) is 32.6 Å². The molecule has 0 unspecified atom stereocenters. The molecule has 0 spiro atoms. The molecule has 14 nitrogen and oxygen atoms in total. The Morgan fingerprint density at radius 1 is 0.971 bits per heavy atom. The third kappa shape index (κ3) is 12.7. The van der Waals surface area contributed by atoms with Crippen molar-refractivity contribution in [3.8, 4) is 0 Å². The average molecular weight is 500 g/mol. The fourth-order valence-electron chi connectivity index (χ4n) is 2.89. The summed E-state index contributed by atoms with van der Waals surface area (Å²) in [4.78, 5) is 60.2. The molecule has 0 saturated heterocycles. The van der Waals surface area contributed by atoms with E-state index in [2.05, 4.69) is 26.6 Å². The van der Waals surface area contributed by atoms with Crippen LogP contribution in [-0.4, -0.2) is 84.3 Å². The van der Waals surface area contributed by atoms with Gasteiger partial charge in [-0.1, -0.05) is 20.3 Å². The predicted octanol–water partition coefficient (Wildman–Crippen LogP) is -3.30. The second-order valence-corrected chi connectivity index (χ2v) is 8.31. The molecule has 0 aromatic heterocycles. The maximum atomic E-state index is 13.0. The molecule has 4 amide bonds. The third-order valence-electron chi connectivity index (χ3n) is 5.18. The minimum absolute atomic E-state index is 0.192. The molecular weight excluding hydrogens is 460 g/mol. The highest BCUT2D eigenvalue weighted by Gasteiger charge is 2.33. The van der Waals surface area contributed by atoms with Crippen molar-refractivity contribution < 1.29 is 29.1 Å². The summed E-state index contributed by atoms with van der Waals surface area (Å²) in [6.45, 7) is 6.13. The monoisotopic (exact) mass is 499 g/mol. The Morgan fingerprint density at radius 3 is 2.09 bits per heavy atom. The van der Waals surface area contributed by atoms with E-state index in [-0.39, 0.29) is 18.3 Å². The molecule has 0 saturated carbocycles. The first-order chi connectivity index (χ1) is 16.3. The first kappa shape index (κ1) is 31.7. The SMILES string of the molecule is CC[C@H](C)[C@H](NC(=O)[C@H](N)CCCNC(=N)N)C(=O)N[C@H](C(=O)NCC(=O)N[C@@H](C)[C]=O)[C@H](C)O. The molecule has 0 heterocycles. The number of aliphatic hydroxyl groups excluding tert-OH is 1. The smallest absolute Gasteiger partial charge is 0.245 e. The van der Waals surface area contributed by atoms with E-state index in [1.165, 1.54) is 13.8 Å². The van der Waals surface area contributed by atoms with Gasteiger partial charge in [0.2, 0.25) is 29.9 Å². The quantitative estimate of drug-likeness (QED) is 0.0586. The molecule has 0 rings (SSSR count). The van der Waals surface area contributed by atoms with Gasteiger partial charge in [-0.15, -0.1) is 0 Å². The van der Waals surface area contributed by atoms with Crippen LogP contribution in [0.25, 0.3) is 0 Å². The zero-order valence-corrected chi connectivity index (χ0v) is 20.6. The largest absolute Gasteiger partial charge is 0.391 e. The van der Waals surface area contributed by atoms with Crippen LogP contribution in [0.3, 0.4) is 0 Å². The summed E-state index contributed by atoms with van der Waals surface area (Å²) in [5, 5.41) is 29.3. The highest BCUT2D eigenvalue weighted by Crippen LogP contribution is 2.10. The van der Waals surface area contributed by atoms with Crippen molar-refractivity contribution in [3.63, 3.8) is 0 Å². The summed E-state index contributed by atoms with van der Waals surface area (Å²) in [5.74, 6) is -3.26. The molecule has 0 fully saturated rings. The maximum Gasteiger partial charge on any atom is 0.245 e. The molecule has 0 aliphatic heterocycles. The molecule has 0 aromatic carbocycles. The third-order valence-corrected chi connectivity index (χ3v) is 5.18. The molecule has 0 aromatic rings. The van der Waals surface area contributed by atoms with E-state index >= 15 is 0 Å². The summed E-state index contributed by atoms with van der Waals surface area (Å²) >= 11 is 0. The van der Waals surface area contributed by atoms with Gasteiger partial charge in [0.1, 0.15) is 12.1 Å². The first-order valence-electron chi connectivity index (χ1n) is 11.4. The van der Waals surface area contributed by atoms with Gasteiger partial charge in [-0.2, -0.15) is 0 Å². The van der Waals surface area contributed by atoms with E-state index < -0.39 is 60.4 Å². The number of carbonyl (C=O) groups is 4. The number of aliphatic hydroxyl groups is 1. The molecule has 14 heteroatoms. The van der Waals surface area contributed by atoms with Crippen LogP contribution in [0.4, 0.5) is 0 Å². The van der Waals surface area contributed by atoms with Crippen molar-refractivity contribution in [1.29, 1.82) is 5.41 Å². The van der Waals surface area contributed by atoms with Crippen molar-refractivity contribution in [3.05, 3.63) is 0 Å². The summed E-state index contributed by atoms with van der Waals surface area (Å²) < 4.78 is 0. The van der Waals surface area contributed by atoms with Crippen LogP contribution >= 0.6 is 0 Å². The number of nitrogens with two attached hydrogens (primary N) is 2. The Kier molecular flexibility index (Phi) is 14.9. The van der Waals surface area contributed by atoms with E-state index in [0.717, 1.165) is 0 Å². The van der Waals surface area contributed by atoms with Crippen molar-refractivity contribution in [2.75, 3.05) is 13.1 Å². The van der Waals surface area contributed by atoms with Gasteiger partial charge in [-0.3, -0.25) is 29.4 Å². The van der Waals surface area contributed by atoms with Crippen LogP contribution in [0.5, 0.6) is 0 Å². The minimum Gasteiger partial charge on any atom is -0.391 e. The number of hydrogen-bond acceptors (Lipinski definition) is 8. The fraction of sp³-hybridized carbons (Fsp3) is 0.714. The topological polar surface area (TPSA) is 242 Å². The second-order valence-electron chi connectivity index (χ2n) is 8.31. The van der Waals surface area contributed by atoms with E-state index in [0.29, 0.717) is 19.4 Å². The number of rotatable bonds is 16. The number of carbonyl (C=O) groups excluding carboxylic acids is 5. The Hall–Kier alpha value is -3.26. The maximum absolute atomic E-state index is 13.0. The normalized spacial score (nSPS) is 15.8. The van der Waals surface area contributed by atoms with Gasteiger partial charge >= 0.3 is 0 Å². The average Bonchev–Trinajstić information content (AvgIpc) is 2.80. The number of nitrogens with one attached hydrogen (secondary N) is 6. The number of guanidine groups is 1. The lowest BCUT2D eigenvalue weighted by Crippen LogP contribution is -2.60. The van der Waals surface area contributed by atoms with Crippen molar-refractivity contribution in [2.45, 2.75) is 77.2 Å². The Morgan fingerprint density at radius 2 is 1.57 bits per heavy atom. The van der Waals surface area contributed by atoms with Gasteiger partial charge < -0.3 is 43.2 Å². The molecule has 35 heavy (non-hydrogen) atoms. The second kappa shape index (κ2) is 16.4. The predicted molar refractivity (Wildman–Crippen MR) is 128 cm³/mol. The minimum atomic E-state index is -1.40. The lowest BCUT2D eigenvalue weighted by Gasteiger charge is -2.28. The van der Waals surface area contributed by atoms with Crippen molar-refractivity contribution >= 4 is 35.9 Å². The molecule has 199 valence electrons. The molecule has 0 aliphatic rings. The van der Waals surface area contributed by atoms with E-state index in [9.17, 15) is 29.1 Å². The van der Waals surface area contributed by atoms with Crippen molar-refractivity contribution in [1.82, 2.24) is 26.6 Å². The van der Waals surface area contributed by atoms with Gasteiger partial charge in [0.15, 0.2) is 5.96 Å². The summed E-state index contributed by atoms with van der Waals surface area (Å²) in [6.07, 6.45) is 1.53. The Labute approximate surface area is 205 Å². The molecule has 0 aliphatic carbocycles. The Bertz CT molecular complexity index is 747. The molecule has 1 radical (unpaired) electrons. The fourth-order valence-corrected chi connectivity index (χ4v) is 2.89. The summed E-state index contributed by atoms with van der Waals surface area (Å²) in [7, 11) is 0. The summed E-state index contributed by atoms with van der Waals surface area (Å²) in [6, 6.07) is -4.21. The van der Waals surface area contributed by atoms with Gasteiger partial charge in [0.05, 0.1) is 24.7 Å². The highest BCUT2D eigenvalue weighted by molar-refractivity contribution is 5.94. The van der Waals surface area contributed by atoms with Crippen LogP contribution in [0.15, 0.2) is 0 Å². The Balaban J connectivity index is 5.12. The molecule has 6 atom stereocenters. The van der Waals surface area contributed by atoms with Crippen LogP contribution in [0.2, 0.25) is 0 Å². The van der Waals surface area contributed by atoms with Gasteiger partial charge in [-0.25, -0.2) is 0 Å². The lowest BCUT2D eigenvalue weighted by molar-refractivity contribution is -0.135. The standard InChI is InChI=1S/C21H39N8O6/c1-5-11(2)16(28-18(33)14(22)7-6-8-25-21(23)24)20(35)29-17(13(4)31)19(34)26-9-15(32)27-12(3)10-30/h11-14,16-17,31H,5-9,22H2,1-4H3,(H,26,34)(H,27,32)(H,28,33)(H,29,35)(H4,23,24,25)/t11-,12-,13-,14+,16-,17-/m0/s1. The molecular formula is C21H39N8O6. The highest BCUT2D eigenvalue weighted by atomic mass is 16.3. The first-order valence-corrected chi connectivity index (χ1v) is 11.4. The lowest BCUT2D eigenvalue weighted by atomic mass is 9.97. The van der Waals surface area contributed by atoms with Crippen LogP contribution < -0.4 is 38.1 Å². The van der Waals surface area contributed by atoms with E-state index in [1.807, 2.05) is 6.92 Å². The van der Waals surface area contributed by atoms with Crippen LogP contribution in [0, 0.1) is 11.3 Å². The van der Waals surface area contributed by atoms with Crippen molar-refractivity contribution in [2.24, 2.45) is 17.4 Å². The van der Waals surface area contributed by atoms with Gasteiger partial charge in [0, 0.05) is 6.54 Å². The summed E-state index contributed by atoms with van der Waals surface area (Å²) in [5.41, 5.74) is 11.1. The molecule has 11 N–H and O–H groups in total. The van der Waals surface area contributed by atoms with E-state index in [4.69, 9.17) is 16.9 Å². The van der Waals surface area contributed by atoms with Crippen LogP contribution in [0.1, 0.15) is 47.0 Å². The van der Waals surface area contributed by atoms with Crippen LogP contribution in [-0.2, 0) is 24.0 Å². The zero-order valence-electron chi connectivity index (χ0n) is 20.6.